The summed E-state index contributed by atoms with van der Waals surface area (Å²) >= 11 is 0. The molecule has 0 radical (unpaired) electrons. The SMILES string of the molecule is Cc1cc(CNC(=O)[C@@H]2COc3ccccc3C2)n[nH]1. The number of aromatic amines is 1. The van der Waals surface area contributed by atoms with Gasteiger partial charge in [-0.3, -0.25) is 9.89 Å². The van der Waals surface area contributed by atoms with E-state index in [1.165, 1.54) is 0 Å². The Morgan fingerprint density at radius 2 is 2.35 bits per heavy atom. The fourth-order valence-corrected chi connectivity index (χ4v) is 2.38. The van der Waals surface area contributed by atoms with Crippen molar-refractivity contribution >= 4 is 5.91 Å². The molecule has 5 heteroatoms. The minimum Gasteiger partial charge on any atom is -0.492 e. The Morgan fingerprint density at radius 1 is 1.50 bits per heavy atom. The van der Waals surface area contributed by atoms with Crippen molar-refractivity contribution in [1.29, 1.82) is 0 Å². The highest BCUT2D eigenvalue weighted by atomic mass is 16.5. The van der Waals surface area contributed by atoms with Gasteiger partial charge in [-0.25, -0.2) is 0 Å². The van der Waals surface area contributed by atoms with Crippen molar-refractivity contribution in [3.8, 4) is 5.75 Å². The van der Waals surface area contributed by atoms with E-state index >= 15 is 0 Å². The van der Waals surface area contributed by atoms with Gasteiger partial charge < -0.3 is 10.1 Å². The summed E-state index contributed by atoms with van der Waals surface area (Å²) in [5.74, 6) is 0.768. The number of hydrogen-bond donors (Lipinski definition) is 2. The monoisotopic (exact) mass is 271 g/mol. The van der Waals surface area contributed by atoms with Gasteiger partial charge in [0, 0.05) is 5.69 Å². The predicted molar refractivity (Wildman–Crippen MR) is 74.3 cm³/mol. The highest BCUT2D eigenvalue weighted by Crippen LogP contribution is 2.26. The summed E-state index contributed by atoms with van der Waals surface area (Å²) in [6, 6.07) is 9.78. The van der Waals surface area contributed by atoms with Gasteiger partial charge in [0.1, 0.15) is 12.4 Å². The number of H-pyrrole nitrogens is 1. The van der Waals surface area contributed by atoms with Crippen LogP contribution in [-0.4, -0.2) is 22.7 Å². The van der Waals surface area contributed by atoms with Gasteiger partial charge in [-0.15, -0.1) is 0 Å². The van der Waals surface area contributed by atoms with Gasteiger partial charge in [0.15, 0.2) is 0 Å². The summed E-state index contributed by atoms with van der Waals surface area (Å²) in [5.41, 5.74) is 2.92. The molecule has 2 N–H and O–H groups in total. The first-order valence-corrected chi connectivity index (χ1v) is 6.71. The number of hydrogen-bond acceptors (Lipinski definition) is 3. The summed E-state index contributed by atoms with van der Waals surface area (Å²) < 4.78 is 5.63. The average molecular weight is 271 g/mol. The van der Waals surface area contributed by atoms with Crippen LogP contribution < -0.4 is 10.1 Å². The van der Waals surface area contributed by atoms with Crippen LogP contribution in [0.25, 0.3) is 0 Å². The van der Waals surface area contributed by atoms with Crippen LogP contribution in [0.1, 0.15) is 17.0 Å². The lowest BCUT2D eigenvalue weighted by molar-refractivity contribution is -0.126. The van der Waals surface area contributed by atoms with Gasteiger partial charge in [-0.05, 0) is 31.0 Å². The molecule has 1 amide bonds. The van der Waals surface area contributed by atoms with Crippen LogP contribution in [0.3, 0.4) is 0 Å². The number of rotatable bonds is 3. The number of ether oxygens (including phenoxy) is 1. The van der Waals surface area contributed by atoms with Crippen LogP contribution >= 0.6 is 0 Å². The highest BCUT2D eigenvalue weighted by Gasteiger charge is 2.25. The second kappa shape index (κ2) is 5.36. The smallest absolute Gasteiger partial charge is 0.227 e. The van der Waals surface area contributed by atoms with E-state index in [-0.39, 0.29) is 11.8 Å². The number of carbonyl (C=O) groups is 1. The normalized spacial score (nSPS) is 17.1. The van der Waals surface area contributed by atoms with Crippen LogP contribution in [0.15, 0.2) is 30.3 Å². The first-order valence-electron chi connectivity index (χ1n) is 6.71. The van der Waals surface area contributed by atoms with Crippen LogP contribution in [0, 0.1) is 12.8 Å². The Labute approximate surface area is 117 Å². The van der Waals surface area contributed by atoms with Gasteiger partial charge in [0.2, 0.25) is 5.91 Å². The third-order valence-electron chi connectivity index (χ3n) is 3.45. The third kappa shape index (κ3) is 2.66. The van der Waals surface area contributed by atoms with Crippen molar-refractivity contribution in [1.82, 2.24) is 15.5 Å². The van der Waals surface area contributed by atoms with Crippen LogP contribution in [0.2, 0.25) is 0 Å². The van der Waals surface area contributed by atoms with E-state index in [0.717, 1.165) is 29.1 Å². The molecule has 1 aromatic carbocycles. The zero-order chi connectivity index (χ0) is 13.9. The number of aryl methyl sites for hydroxylation is 1. The van der Waals surface area contributed by atoms with Crippen LogP contribution in [-0.2, 0) is 17.8 Å². The maximum atomic E-state index is 12.2. The number of carbonyl (C=O) groups excluding carboxylic acids is 1. The topological polar surface area (TPSA) is 67.0 Å². The number of benzene rings is 1. The van der Waals surface area contributed by atoms with Crippen molar-refractivity contribution in [3.05, 3.63) is 47.3 Å². The predicted octanol–water partition coefficient (Wildman–Crippen LogP) is 1.59. The molecule has 0 saturated heterocycles. The van der Waals surface area contributed by atoms with Crippen molar-refractivity contribution in [2.75, 3.05) is 6.61 Å². The number of para-hydroxylation sites is 1. The zero-order valence-electron chi connectivity index (χ0n) is 11.3. The molecule has 0 bridgehead atoms. The molecule has 3 rings (SSSR count). The molecular weight excluding hydrogens is 254 g/mol. The summed E-state index contributed by atoms with van der Waals surface area (Å²) in [6.07, 6.45) is 0.724. The highest BCUT2D eigenvalue weighted by molar-refractivity contribution is 5.79. The molecule has 2 aromatic rings. The van der Waals surface area contributed by atoms with Gasteiger partial charge in [0.25, 0.3) is 0 Å². The first-order chi connectivity index (χ1) is 9.72. The van der Waals surface area contributed by atoms with Crippen molar-refractivity contribution in [2.45, 2.75) is 19.9 Å². The Kier molecular flexibility index (Phi) is 3.41. The number of nitrogens with one attached hydrogen (secondary N) is 2. The second-order valence-electron chi connectivity index (χ2n) is 5.08. The van der Waals surface area contributed by atoms with E-state index in [0.29, 0.717) is 13.2 Å². The summed E-state index contributed by atoms with van der Waals surface area (Å²) in [6.45, 7) is 2.81. The molecule has 20 heavy (non-hydrogen) atoms. The molecule has 0 aliphatic carbocycles. The minimum absolute atomic E-state index is 0.0140. The van der Waals surface area contributed by atoms with Crippen LogP contribution in [0.4, 0.5) is 0 Å². The van der Waals surface area contributed by atoms with Gasteiger partial charge in [-0.1, -0.05) is 18.2 Å². The summed E-state index contributed by atoms with van der Waals surface area (Å²) in [7, 11) is 0. The molecule has 104 valence electrons. The Balaban J connectivity index is 1.59. The van der Waals surface area contributed by atoms with E-state index in [1.807, 2.05) is 37.3 Å². The number of fused-ring (bicyclic) bond motifs is 1. The van der Waals surface area contributed by atoms with Gasteiger partial charge >= 0.3 is 0 Å². The lowest BCUT2D eigenvalue weighted by Gasteiger charge is -2.24. The molecule has 1 atom stereocenters. The number of nitrogens with zero attached hydrogens (tertiary/aromatic N) is 1. The number of amides is 1. The molecule has 1 aromatic heterocycles. The van der Waals surface area contributed by atoms with E-state index in [1.54, 1.807) is 0 Å². The maximum absolute atomic E-state index is 12.2. The zero-order valence-corrected chi connectivity index (χ0v) is 11.3. The molecule has 1 aliphatic rings. The van der Waals surface area contributed by atoms with E-state index in [4.69, 9.17) is 4.74 Å². The quantitative estimate of drug-likeness (QED) is 0.890. The van der Waals surface area contributed by atoms with Gasteiger partial charge in [-0.2, -0.15) is 5.10 Å². The first kappa shape index (κ1) is 12.7. The third-order valence-corrected chi connectivity index (χ3v) is 3.45. The molecule has 0 fully saturated rings. The lowest BCUT2D eigenvalue weighted by atomic mass is 9.96. The number of aromatic nitrogens is 2. The fourth-order valence-electron chi connectivity index (χ4n) is 2.38. The standard InChI is InChI=1S/C15H17N3O2/c1-10-6-13(18-17-10)8-16-15(19)12-7-11-4-2-3-5-14(11)20-9-12/h2-6,12H,7-9H2,1H3,(H,16,19)(H,17,18)/t12-/m0/s1. The molecule has 2 heterocycles. The molecule has 0 saturated carbocycles. The fraction of sp³-hybridized carbons (Fsp3) is 0.333. The van der Waals surface area contributed by atoms with Crippen LogP contribution in [0.5, 0.6) is 5.75 Å². The maximum Gasteiger partial charge on any atom is 0.227 e. The van der Waals surface area contributed by atoms with Crippen molar-refractivity contribution in [3.63, 3.8) is 0 Å². The Hall–Kier alpha value is -2.30. The molecule has 1 aliphatic heterocycles. The lowest BCUT2D eigenvalue weighted by Crippen LogP contribution is -2.37. The van der Waals surface area contributed by atoms with Crippen molar-refractivity contribution < 1.29 is 9.53 Å². The van der Waals surface area contributed by atoms with E-state index < -0.39 is 0 Å². The van der Waals surface area contributed by atoms with Crippen molar-refractivity contribution in [2.24, 2.45) is 5.92 Å². The molecule has 0 unspecified atom stereocenters. The molecule has 0 spiro atoms. The largest absolute Gasteiger partial charge is 0.492 e. The van der Waals surface area contributed by atoms with E-state index in [9.17, 15) is 4.79 Å². The summed E-state index contributed by atoms with van der Waals surface area (Å²) in [4.78, 5) is 12.2. The van der Waals surface area contributed by atoms with E-state index in [2.05, 4.69) is 15.5 Å². The Morgan fingerprint density at radius 3 is 3.15 bits per heavy atom. The Bertz CT molecular complexity index is 621. The summed E-state index contributed by atoms with van der Waals surface area (Å²) in [5, 5.41) is 9.87. The molecular formula is C15H17N3O2. The average Bonchev–Trinajstić information content (AvgIpc) is 2.90. The van der Waals surface area contributed by atoms with Gasteiger partial charge in [0.05, 0.1) is 18.2 Å². The minimum atomic E-state index is -0.134. The molecule has 5 nitrogen and oxygen atoms in total. The second-order valence-corrected chi connectivity index (χ2v) is 5.08.